The van der Waals surface area contributed by atoms with Crippen molar-refractivity contribution in [2.24, 2.45) is 0 Å². The summed E-state index contributed by atoms with van der Waals surface area (Å²) < 4.78 is 1.37. The maximum Gasteiger partial charge on any atom is 0.0346 e. The van der Waals surface area contributed by atoms with Crippen molar-refractivity contribution >= 4 is 21.4 Å². The third-order valence-electron chi connectivity index (χ3n) is 2.43. The molecule has 0 aliphatic rings. The van der Waals surface area contributed by atoms with Crippen LogP contribution in [0.2, 0.25) is 0 Å². The van der Waals surface area contributed by atoms with Gasteiger partial charge in [-0.3, -0.25) is 0 Å². The Hall–Kier alpha value is -0.860. The van der Waals surface area contributed by atoms with Gasteiger partial charge in [-0.2, -0.15) is 0 Å². The molecule has 1 atom stereocenters. The van der Waals surface area contributed by atoms with Crippen molar-refractivity contribution in [3.05, 3.63) is 35.2 Å². The van der Waals surface area contributed by atoms with Crippen LogP contribution in [-0.2, 0) is 0 Å². The van der Waals surface area contributed by atoms with Gasteiger partial charge in [0.15, 0.2) is 0 Å². The molecule has 2 rings (SSSR count). The molecule has 1 heterocycles. The standard InChI is InChI=1S/C11H13NS/c1-8(12-2)9-4-3-5-11-10(9)6-7-13-11/h3-8,12H,1-2H3/t8-/m1/s1. The highest BCUT2D eigenvalue weighted by molar-refractivity contribution is 7.17. The smallest absolute Gasteiger partial charge is 0.0346 e. The fourth-order valence-corrected chi connectivity index (χ4v) is 2.37. The van der Waals surface area contributed by atoms with Gasteiger partial charge in [-0.1, -0.05) is 12.1 Å². The molecule has 68 valence electrons. The molecule has 2 aromatic rings. The number of nitrogens with one attached hydrogen (secondary N) is 1. The molecule has 1 aromatic heterocycles. The fourth-order valence-electron chi connectivity index (χ4n) is 1.55. The van der Waals surface area contributed by atoms with E-state index in [1.807, 2.05) is 7.05 Å². The van der Waals surface area contributed by atoms with E-state index in [4.69, 9.17) is 0 Å². The largest absolute Gasteiger partial charge is 0.313 e. The number of hydrogen-bond acceptors (Lipinski definition) is 2. The molecular formula is C11H13NS. The number of thiophene rings is 1. The summed E-state index contributed by atoms with van der Waals surface area (Å²) in [5.41, 5.74) is 1.39. The predicted molar refractivity (Wildman–Crippen MR) is 59.3 cm³/mol. The lowest BCUT2D eigenvalue weighted by atomic mass is 10.0. The summed E-state index contributed by atoms with van der Waals surface area (Å²) in [5, 5.41) is 6.80. The first kappa shape index (κ1) is 8.73. The third kappa shape index (κ3) is 1.47. The van der Waals surface area contributed by atoms with Gasteiger partial charge in [-0.05, 0) is 42.4 Å². The van der Waals surface area contributed by atoms with E-state index in [0.29, 0.717) is 6.04 Å². The molecule has 0 spiro atoms. The van der Waals surface area contributed by atoms with Crippen LogP contribution in [-0.4, -0.2) is 7.05 Å². The van der Waals surface area contributed by atoms with Crippen molar-refractivity contribution in [3.63, 3.8) is 0 Å². The quantitative estimate of drug-likeness (QED) is 0.768. The Balaban J connectivity index is 2.60. The first-order chi connectivity index (χ1) is 6.33. The molecule has 0 fully saturated rings. The first-order valence-corrected chi connectivity index (χ1v) is 5.34. The zero-order valence-corrected chi connectivity index (χ0v) is 8.69. The van der Waals surface area contributed by atoms with E-state index in [9.17, 15) is 0 Å². The zero-order valence-electron chi connectivity index (χ0n) is 7.87. The van der Waals surface area contributed by atoms with Crippen LogP contribution < -0.4 is 5.32 Å². The molecule has 0 amide bonds. The number of benzene rings is 1. The van der Waals surface area contributed by atoms with Crippen molar-refractivity contribution in [3.8, 4) is 0 Å². The lowest BCUT2D eigenvalue weighted by molar-refractivity contribution is 0.657. The van der Waals surface area contributed by atoms with Crippen LogP contribution in [0.15, 0.2) is 29.6 Å². The maximum atomic E-state index is 3.27. The van der Waals surface area contributed by atoms with Gasteiger partial charge in [0, 0.05) is 10.7 Å². The summed E-state index contributed by atoms with van der Waals surface area (Å²) in [6.07, 6.45) is 0. The van der Waals surface area contributed by atoms with E-state index in [-0.39, 0.29) is 0 Å². The fraction of sp³-hybridized carbons (Fsp3) is 0.273. The van der Waals surface area contributed by atoms with Crippen LogP contribution in [0.4, 0.5) is 0 Å². The molecule has 0 saturated carbocycles. The van der Waals surface area contributed by atoms with Crippen LogP contribution in [0.1, 0.15) is 18.5 Å². The second kappa shape index (κ2) is 3.48. The number of rotatable bonds is 2. The minimum Gasteiger partial charge on any atom is -0.313 e. The second-order valence-electron chi connectivity index (χ2n) is 3.19. The Labute approximate surface area is 82.4 Å². The van der Waals surface area contributed by atoms with Crippen molar-refractivity contribution in [1.82, 2.24) is 5.32 Å². The van der Waals surface area contributed by atoms with Gasteiger partial charge >= 0.3 is 0 Å². The molecule has 2 heteroatoms. The van der Waals surface area contributed by atoms with Gasteiger partial charge in [0.05, 0.1) is 0 Å². The Morgan fingerprint density at radius 2 is 2.15 bits per heavy atom. The van der Waals surface area contributed by atoms with Gasteiger partial charge in [-0.25, -0.2) is 0 Å². The third-order valence-corrected chi connectivity index (χ3v) is 3.31. The van der Waals surface area contributed by atoms with Crippen molar-refractivity contribution < 1.29 is 0 Å². The lowest BCUT2D eigenvalue weighted by Gasteiger charge is -2.11. The van der Waals surface area contributed by atoms with E-state index in [2.05, 4.69) is 41.9 Å². The van der Waals surface area contributed by atoms with Crippen LogP contribution in [0.3, 0.4) is 0 Å². The average molecular weight is 191 g/mol. The first-order valence-electron chi connectivity index (χ1n) is 4.46. The van der Waals surface area contributed by atoms with Gasteiger partial charge < -0.3 is 5.32 Å². The molecule has 0 bridgehead atoms. The van der Waals surface area contributed by atoms with Crippen molar-refractivity contribution in [2.45, 2.75) is 13.0 Å². The van der Waals surface area contributed by atoms with Gasteiger partial charge in [0.1, 0.15) is 0 Å². The predicted octanol–water partition coefficient (Wildman–Crippen LogP) is 3.18. The summed E-state index contributed by atoms with van der Waals surface area (Å²) in [4.78, 5) is 0. The summed E-state index contributed by atoms with van der Waals surface area (Å²) in [5.74, 6) is 0. The Morgan fingerprint density at radius 1 is 1.31 bits per heavy atom. The van der Waals surface area contributed by atoms with Crippen molar-refractivity contribution in [1.29, 1.82) is 0 Å². The highest BCUT2D eigenvalue weighted by atomic mass is 32.1. The molecule has 0 radical (unpaired) electrons. The van der Waals surface area contributed by atoms with Crippen molar-refractivity contribution in [2.75, 3.05) is 7.05 Å². The molecule has 0 aliphatic heterocycles. The van der Waals surface area contributed by atoms with E-state index in [0.717, 1.165) is 0 Å². The van der Waals surface area contributed by atoms with Crippen LogP contribution in [0.25, 0.3) is 10.1 Å². The highest BCUT2D eigenvalue weighted by Crippen LogP contribution is 2.27. The zero-order chi connectivity index (χ0) is 9.26. The minimum atomic E-state index is 0.429. The molecule has 1 nitrogen and oxygen atoms in total. The summed E-state index contributed by atoms with van der Waals surface area (Å²) in [7, 11) is 2.00. The van der Waals surface area contributed by atoms with E-state index in [1.165, 1.54) is 15.6 Å². The Morgan fingerprint density at radius 3 is 2.92 bits per heavy atom. The summed E-state index contributed by atoms with van der Waals surface area (Å²) in [6, 6.07) is 9.12. The van der Waals surface area contributed by atoms with Crippen LogP contribution >= 0.6 is 11.3 Å². The molecule has 0 saturated heterocycles. The molecule has 13 heavy (non-hydrogen) atoms. The average Bonchev–Trinajstić information content (AvgIpc) is 2.63. The minimum absolute atomic E-state index is 0.429. The highest BCUT2D eigenvalue weighted by Gasteiger charge is 2.06. The van der Waals surface area contributed by atoms with E-state index in [1.54, 1.807) is 11.3 Å². The van der Waals surface area contributed by atoms with Crippen LogP contribution in [0, 0.1) is 0 Å². The van der Waals surface area contributed by atoms with Gasteiger partial charge in [-0.15, -0.1) is 11.3 Å². The molecule has 0 aliphatic carbocycles. The topological polar surface area (TPSA) is 12.0 Å². The lowest BCUT2D eigenvalue weighted by Crippen LogP contribution is -2.12. The normalized spacial score (nSPS) is 13.4. The Kier molecular flexibility index (Phi) is 2.34. The number of fused-ring (bicyclic) bond motifs is 1. The molecule has 1 N–H and O–H groups in total. The van der Waals surface area contributed by atoms with E-state index < -0.39 is 0 Å². The molecule has 0 unspecified atom stereocenters. The Bertz CT molecular complexity index is 405. The maximum absolute atomic E-state index is 3.27. The van der Waals surface area contributed by atoms with Gasteiger partial charge in [0.2, 0.25) is 0 Å². The van der Waals surface area contributed by atoms with Crippen LogP contribution in [0.5, 0.6) is 0 Å². The van der Waals surface area contributed by atoms with Gasteiger partial charge in [0.25, 0.3) is 0 Å². The monoisotopic (exact) mass is 191 g/mol. The summed E-state index contributed by atoms with van der Waals surface area (Å²) in [6.45, 7) is 2.19. The number of hydrogen-bond donors (Lipinski definition) is 1. The summed E-state index contributed by atoms with van der Waals surface area (Å²) >= 11 is 1.80. The molecule has 1 aromatic carbocycles. The SMILES string of the molecule is CN[C@H](C)c1cccc2sccc12. The molecular weight excluding hydrogens is 178 g/mol. The second-order valence-corrected chi connectivity index (χ2v) is 4.14. The van der Waals surface area contributed by atoms with E-state index >= 15 is 0 Å².